The van der Waals surface area contributed by atoms with Crippen LogP contribution in [0.5, 0.6) is 0 Å². The fraction of sp³-hybridized carbons (Fsp3) is 0.500. The van der Waals surface area contributed by atoms with Crippen molar-refractivity contribution in [3.63, 3.8) is 0 Å². The lowest BCUT2D eigenvalue weighted by atomic mass is 10.1. The summed E-state index contributed by atoms with van der Waals surface area (Å²) < 4.78 is 29.0. The van der Waals surface area contributed by atoms with Gasteiger partial charge in [0.05, 0.1) is 5.56 Å². The topological polar surface area (TPSA) is 70.3 Å². The van der Waals surface area contributed by atoms with Gasteiger partial charge >= 0.3 is 0 Å². The van der Waals surface area contributed by atoms with E-state index in [0.29, 0.717) is 5.56 Å². The van der Waals surface area contributed by atoms with Gasteiger partial charge in [-0.05, 0) is 18.6 Å². The molecule has 110 valence electrons. The molecule has 0 unspecified atom stereocenters. The van der Waals surface area contributed by atoms with Crippen LogP contribution in [0.15, 0.2) is 26.9 Å². The van der Waals surface area contributed by atoms with Crippen molar-refractivity contribution in [3.05, 3.63) is 29.3 Å². The van der Waals surface area contributed by atoms with Crippen LogP contribution >= 0.6 is 0 Å². The van der Waals surface area contributed by atoms with E-state index in [9.17, 15) is 8.42 Å². The standard InChI is InChI=1S/C14H20N2O2S2/c1-10(2)19(11(3)4)16-20(17,18)14-8-6-7-12(5)13(14)9-15/h6-8,10-11H,1-5H3. The first kappa shape index (κ1) is 16.9. The van der Waals surface area contributed by atoms with Gasteiger partial charge in [0.1, 0.15) is 11.0 Å². The number of nitrogens with zero attached hydrogens (tertiary/aromatic N) is 2. The van der Waals surface area contributed by atoms with Crippen LogP contribution in [0.25, 0.3) is 0 Å². The van der Waals surface area contributed by atoms with Crippen molar-refractivity contribution < 1.29 is 8.42 Å². The Hall–Kier alpha value is -1.19. The summed E-state index contributed by atoms with van der Waals surface area (Å²) in [4.78, 5) is 0.0128. The smallest absolute Gasteiger partial charge is 0.199 e. The summed E-state index contributed by atoms with van der Waals surface area (Å²) in [5.41, 5.74) is 0.838. The Bertz CT molecular complexity index is 659. The summed E-state index contributed by atoms with van der Waals surface area (Å²) >= 11 is 0. The molecule has 0 saturated heterocycles. The first-order valence-electron chi connectivity index (χ1n) is 6.40. The van der Waals surface area contributed by atoms with Crippen molar-refractivity contribution in [1.82, 2.24) is 0 Å². The van der Waals surface area contributed by atoms with E-state index in [0.717, 1.165) is 0 Å². The molecule has 0 heterocycles. The highest BCUT2D eigenvalue weighted by Gasteiger charge is 2.21. The highest BCUT2D eigenvalue weighted by Crippen LogP contribution is 2.22. The highest BCUT2D eigenvalue weighted by atomic mass is 32.3. The molecule has 20 heavy (non-hydrogen) atoms. The summed E-state index contributed by atoms with van der Waals surface area (Å²) in [5.74, 6) is 0. The third-order valence-electron chi connectivity index (χ3n) is 2.77. The fourth-order valence-electron chi connectivity index (χ4n) is 1.87. The molecule has 0 atom stereocenters. The molecule has 0 amide bonds. The zero-order valence-electron chi connectivity index (χ0n) is 12.4. The molecular formula is C14H20N2O2S2. The zero-order valence-corrected chi connectivity index (χ0v) is 14.0. The number of sulfonamides is 1. The first-order valence-corrected chi connectivity index (χ1v) is 9.15. The van der Waals surface area contributed by atoms with Crippen LogP contribution in [0.4, 0.5) is 0 Å². The average molecular weight is 312 g/mol. The van der Waals surface area contributed by atoms with E-state index in [1.165, 1.54) is 6.07 Å². The molecule has 0 radical (unpaired) electrons. The Morgan fingerprint density at radius 1 is 1.20 bits per heavy atom. The molecular weight excluding hydrogens is 292 g/mol. The number of hydrogen-bond acceptors (Lipinski definition) is 3. The van der Waals surface area contributed by atoms with Crippen molar-refractivity contribution >= 4 is 20.7 Å². The van der Waals surface area contributed by atoms with E-state index in [1.54, 1.807) is 19.1 Å². The Morgan fingerprint density at radius 2 is 1.75 bits per heavy atom. The molecule has 6 heteroatoms. The predicted octanol–water partition coefficient (Wildman–Crippen LogP) is 3.17. The molecule has 1 rings (SSSR count). The molecule has 0 spiro atoms. The minimum Gasteiger partial charge on any atom is -0.199 e. The van der Waals surface area contributed by atoms with E-state index in [2.05, 4.69) is 3.77 Å². The van der Waals surface area contributed by atoms with Crippen LogP contribution in [0.2, 0.25) is 0 Å². The van der Waals surface area contributed by atoms with Crippen LogP contribution in [0.1, 0.15) is 38.8 Å². The normalized spacial score (nSPS) is 11.9. The molecule has 0 aliphatic heterocycles. The van der Waals surface area contributed by atoms with Gasteiger partial charge in [-0.3, -0.25) is 0 Å². The second-order valence-electron chi connectivity index (χ2n) is 5.05. The molecule has 0 aromatic heterocycles. The first-order chi connectivity index (χ1) is 9.20. The maximum atomic E-state index is 12.5. The minimum atomic E-state index is -3.80. The lowest BCUT2D eigenvalue weighted by Crippen LogP contribution is -2.18. The van der Waals surface area contributed by atoms with Crippen molar-refractivity contribution in [2.45, 2.75) is 50.0 Å². The summed E-state index contributed by atoms with van der Waals surface area (Å²) in [6.07, 6.45) is 0. The molecule has 1 aromatic rings. The lowest BCUT2D eigenvalue weighted by molar-refractivity contribution is 0.598. The van der Waals surface area contributed by atoms with Crippen LogP contribution in [0, 0.1) is 18.3 Å². The molecule has 0 bridgehead atoms. The number of benzene rings is 1. The summed E-state index contributed by atoms with van der Waals surface area (Å²) in [6.45, 7) is 9.57. The van der Waals surface area contributed by atoms with Crippen LogP contribution in [0.3, 0.4) is 0 Å². The zero-order chi connectivity index (χ0) is 15.5. The average Bonchev–Trinajstić information content (AvgIpc) is 2.35. The second kappa shape index (κ2) is 6.51. The highest BCUT2D eigenvalue weighted by molar-refractivity contribution is 8.00. The van der Waals surface area contributed by atoms with Gasteiger partial charge in [-0.1, -0.05) is 50.5 Å². The SMILES string of the molecule is Cc1cccc(S(=O)(=O)N=S(C(C)C)C(C)C)c1C#N. The predicted molar refractivity (Wildman–Crippen MR) is 83.1 cm³/mol. The maximum Gasteiger partial charge on any atom is 0.289 e. The van der Waals surface area contributed by atoms with Crippen LogP contribution in [-0.4, -0.2) is 18.9 Å². The number of aryl methyl sites for hydroxylation is 1. The van der Waals surface area contributed by atoms with Crippen molar-refractivity contribution in [3.8, 4) is 6.07 Å². The van der Waals surface area contributed by atoms with E-state index in [-0.39, 0.29) is 21.0 Å². The monoisotopic (exact) mass is 312 g/mol. The van der Waals surface area contributed by atoms with Gasteiger partial charge in [-0.15, -0.1) is 3.77 Å². The third-order valence-corrected chi connectivity index (χ3v) is 7.08. The number of hydrogen-bond donors (Lipinski definition) is 0. The quantitative estimate of drug-likeness (QED) is 0.857. The molecule has 0 fully saturated rings. The largest absolute Gasteiger partial charge is 0.289 e. The Morgan fingerprint density at radius 3 is 2.20 bits per heavy atom. The molecule has 0 aliphatic rings. The van der Waals surface area contributed by atoms with E-state index < -0.39 is 20.7 Å². The summed E-state index contributed by atoms with van der Waals surface area (Å²) in [7, 11) is -4.39. The van der Waals surface area contributed by atoms with Crippen molar-refractivity contribution in [2.75, 3.05) is 0 Å². The van der Waals surface area contributed by atoms with Gasteiger partial charge in [0.2, 0.25) is 0 Å². The molecule has 0 aliphatic carbocycles. The molecule has 4 nitrogen and oxygen atoms in total. The third kappa shape index (κ3) is 3.68. The van der Waals surface area contributed by atoms with E-state index >= 15 is 0 Å². The van der Waals surface area contributed by atoms with E-state index in [4.69, 9.17) is 5.26 Å². The van der Waals surface area contributed by atoms with Gasteiger partial charge in [0.15, 0.2) is 0 Å². The summed E-state index contributed by atoms with van der Waals surface area (Å²) in [5, 5.41) is 9.47. The minimum absolute atomic E-state index is 0.0128. The molecule has 0 saturated carbocycles. The van der Waals surface area contributed by atoms with Crippen molar-refractivity contribution in [2.24, 2.45) is 3.77 Å². The Balaban J connectivity index is 3.50. The van der Waals surface area contributed by atoms with Gasteiger partial charge in [-0.25, -0.2) is 0 Å². The summed E-state index contributed by atoms with van der Waals surface area (Å²) in [6, 6.07) is 6.78. The second-order valence-corrected chi connectivity index (χ2v) is 9.62. The molecule has 0 N–H and O–H groups in total. The number of nitriles is 1. The van der Waals surface area contributed by atoms with Crippen LogP contribution < -0.4 is 0 Å². The van der Waals surface area contributed by atoms with Gasteiger partial charge in [0.25, 0.3) is 10.0 Å². The van der Waals surface area contributed by atoms with Crippen molar-refractivity contribution in [1.29, 1.82) is 5.26 Å². The van der Waals surface area contributed by atoms with Gasteiger partial charge < -0.3 is 0 Å². The number of rotatable bonds is 4. The Labute approximate surface area is 124 Å². The maximum absolute atomic E-state index is 12.5. The lowest BCUT2D eigenvalue weighted by Gasteiger charge is -2.15. The van der Waals surface area contributed by atoms with Gasteiger partial charge in [-0.2, -0.15) is 13.7 Å². The van der Waals surface area contributed by atoms with E-state index in [1.807, 2.05) is 33.8 Å². The van der Waals surface area contributed by atoms with Crippen LogP contribution in [-0.2, 0) is 20.7 Å². The van der Waals surface area contributed by atoms with Gasteiger partial charge in [0, 0.05) is 10.5 Å². The molecule has 1 aromatic carbocycles. The Kier molecular flexibility index (Phi) is 5.49. The fourth-order valence-corrected chi connectivity index (χ4v) is 6.28.